The highest BCUT2D eigenvalue weighted by molar-refractivity contribution is 4.96. The van der Waals surface area contributed by atoms with Gasteiger partial charge in [0.15, 0.2) is 0 Å². The summed E-state index contributed by atoms with van der Waals surface area (Å²) in [6, 6.07) is 0.824. The van der Waals surface area contributed by atoms with E-state index in [-0.39, 0.29) is 5.54 Å². The number of hydrogen-bond donors (Lipinski definition) is 1. The lowest BCUT2D eigenvalue weighted by atomic mass is 9.89. The Morgan fingerprint density at radius 3 is 2.06 bits per heavy atom. The highest BCUT2D eigenvalue weighted by Gasteiger charge is 2.39. The van der Waals surface area contributed by atoms with Crippen molar-refractivity contribution in [2.75, 3.05) is 13.1 Å². The number of nitrogens with two attached hydrogens (primary N) is 1. The number of nitrogens with zero attached hydrogens (tertiary/aromatic N) is 1. The van der Waals surface area contributed by atoms with Gasteiger partial charge in [-0.1, -0.05) is 27.7 Å². The molecule has 0 amide bonds. The molecule has 2 heteroatoms. The molecule has 0 spiro atoms. The molecule has 1 saturated carbocycles. The van der Waals surface area contributed by atoms with Crippen LogP contribution in [0.4, 0.5) is 0 Å². The maximum absolute atomic E-state index is 6.12. The van der Waals surface area contributed by atoms with E-state index >= 15 is 0 Å². The van der Waals surface area contributed by atoms with E-state index in [9.17, 15) is 0 Å². The maximum Gasteiger partial charge on any atom is 0.0306 e. The highest BCUT2D eigenvalue weighted by Crippen LogP contribution is 2.35. The lowest BCUT2D eigenvalue weighted by Crippen LogP contribution is -2.53. The predicted octanol–water partition coefficient (Wildman–Crippen LogP) is 3.65. The van der Waals surface area contributed by atoms with Gasteiger partial charge in [-0.25, -0.2) is 0 Å². The molecule has 0 radical (unpaired) electrons. The van der Waals surface area contributed by atoms with Gasteiger partial charge < -0.3 is 5.73 Å². The van der Waals surface area contributed by atoms with Crippen molar-refractivity contribution in [3.05, 3.63) is 0 Å². The molecule has 0 aromatic rings. The van der Waals surface area contributed by atoms with Gasteiger partial charge in [-0.15, -0.1) is 0 Å². The van der Waals surface area contributed by atoms with Crippen LogP contribution in [0.2, 0.25) is 0 Å². The summed E-state index contributed by atoms with van der Waals surface area (Å²) in [5.74, 6) is 1.57. The van der Waals surface area contributed by atoms with Gasteiger partial charge in [0.25, 0.3) is 0 Å². The minimum atomic E-state index is 0.223. The van der Waals surface area contributed by atoms with E-state index in [2.05, 4.69) is 39.5 Å². The molecular weight excluding hydrogens is 220 g/mol. The summed E-state index contributed by atoms with van der Waals surface area (Å²) < 4.78 is 0. The zero-order chi connectivity index (χ0) is 13.8. The molecule has 1 atom stereocenters. The largest absolute Gasteiger partial charge is 0.329 e. The van der Waals surface area contributed by atoms with Gasteiger partial charge in [-0.3, -0.25) is 4.90 Å². The Bertz CT molecular complexity index is 233. The van der Waals surface area contributed by atoms with E-state index in [1.807, 2.05) is 0 Å². The molecule has 0 heterocycles. The van der Waals surface area contributed by atoms with Crippen molar-refractivity contribution < 1.29 is 0 Å². The van der Waals surface area contributed by atoms with Gasteiger partial charge in [0.05, 0.1) is 0 Å². The van der Waals surface area contributed by atoms with Crippen LogP contribution in [-0.2, 0) is 0 Å². The summed E-state index contributed by atoms with van der Waals surface area (Å²) in [5, 5.41) is 0. The van der Waals surface area contributed by atoms with E-state index in [0.717, 1.165) is 24.4 Å². The summed E-state index contributed by atoms with van der Waals surface area (Å²) in [5.41, 5.74) is 6.35. The molecule has 1 aliphatic rings. The van der Waals surface area contributed by atoms with Crippen molar-refractivity contribution in [1.82, 2.24) is 4.90 Å². The molecule has 0 aromatic heterocycles. The molecule has 0 aromatic carbocycles. The average Bonchev–Trinajstić information content (AvgIpc) is 3.10. The highest BCUT2D eigenvalue weighted by atomic mass is 15.2. The van der Waals surface area contributed by atoms with Crippen molar-refractivity contribution in [1.29, 1.82) is 0 Å². The maximum atomic E-state index is 6.12. The first-order valence-electron chi connectivity index (χ1n) is 7.86. The number of hydrogen-bond acceptors (Lipinski definition) is 2. The number of rotatable bonds is 9. The quantitative estimate of drug-likeness (QED) is 0.680. The summed E-state index contributed by atoms with van der Waals surface area (Å²) in [6.45, 7) is 13.7. The third-order valence-electron chi connectivity index (χ3n) is 4.33. The Balaban J connectivity index is 2.60. The van der Waals surface area contributed by atoms with Crippen LogP contribution < -0.4 is 5.73 Å². The van der Waals surface area contributed by atoms with Crippen LogP contribution >= 0.6 is 0 Å². The Morgan fingerprint density at radius 1 is 1.11 bits per heavy atom. The molecule has 2 N–H and O–H groups in total. The topological polar surface area (TPSA) is 29.3 Å². The first-order valence-corrected chi connectivity index (χ1v) is 7.86. The van der Waals surface area contributed by atoms with Crippen LogP contribution in [0.3, 0.4) is 0 Å². The van der Waals surface area contributed by atoms with Crippen LogP contribution in [0.1, 0.15) is 66.7 Å². The molecule has 18 heavy (non-hydrogen) atoms. The molecule has 0 saturated heterocycles. The van der Waals surface area contributed by atoms with E-state index in [1.54, 1.807) is 0 Å². The smallest absolute Gasteiger partial charge is 0.0306 e. The molecule has 2 nitrogen and oxygen atoms in total. The van der Waals surface area contributed by atoms with Crippen LogP contribution in [0.5, 0.6) is 0 Å². The average molecular weight is 254 g/mol. The van der Waals surface area contributed by atoms with Gasteiger partial charge in [-0.2, -0.15) is 0 Å². The Morgan fingerprint density at radius 2 is 1.67 bits per heavy atom. The van der Waals surface area contributed by atoms with E-state index in [4.69, 9.17) is 5.73 Å². The molecule has 1 rings (SSSR count). The van der Waals surface area contributed by atoms with E-state index < -0.39 is 0 Å². The standard InChI is InChI=1S/C16H34N2/c1-13(2)8-10-16(5,12-17)18(15-6-7-15)11-9-14(3)4/h13-15H,6-12,17H2,1-5H3. The van der Waals surface area contributed by atoms with Crippen molar-refractivity contribution in [2.45, 2.75) is 78.3 Å². The predicted molar refractivity (Wildman–Crippen MR) is 80.7 cm³/mol. The second-order valence-corrected chi connectivity index (χ2v) is 7.24. The normalized spacial score (nSPS) is 19.8. The first-order chi connectivity index (χ1) is 8.39. The lowest BCUT2D eigenvalue weighted by molar-refractivity contribution is 0.0812. The Kier molecular flexibility index (Phi) is 6.13. The Hall–Kier alpha value is -0.0800. The summed E-state index contributed by atoms with van der Waals surface area (Å²) in [7, 11) is 0. The van der Waals surface area contributed by atoms with E-state index in [1.165, 1.54) is 38.6 Å². The van der Waals surface area contributed by atoms with Gasteiger partial charge in [-0.05, 0) is 57.4 Å². The molecule has 108 valence electrons. The van der Waals surface area contributed by atoms with Crippen LogP contribution in [0, 0.1) is 11.8 Å². The molecule has 1 fully saturated rings. The molecule has 1 unspecified atom stereocenters. The zero-order valence-corrected chi connectivity index (χ0v) is 13.2. The summed E-state index contributed by atoms with van der Waals surface area (Å²) >= 11 is 0. The third-order valence-corrected chi connectivity index (χ3v) is 4.33. The van der Waals surface area contributed by atoms with E-state index in [0.29, 0.717) is 0 Å². The van der Waals surface area contributed by atoms with Gasteiger partial charge in [0.2, 0.25) is 0 Å². The third kappa shape index (κ3) is 4.89. The van der Waals surface area contributed by atoms with Crippen molar-refractivity contribution >= 4 is 0 Å². The van der Waals surface area contributed by atoms with Crippen molar-refractivity contribution in [2.24, 2.45) is 17.6 Å². The van der Waals surface area contributed by atoms with Crippen LogP contribution in [0.25, 0.3) is 0 Å². The van der Waals surface area contributed by atoms with Gasteiger partial charge in [0.1, 0.15) is 0 Å². The minimum Gasteiger partial charge on any atom is -0.329 e. The molecule has 0 aliphatic heterocycles. The minimum absolute atomic E-state index is 0.223. The summed E-state index contributed by atoms with van der Waals surface area (Å²) in [4.78, 5) is 2.73. The second-order valence-electron chi connectivity index (χ2n) is 7.24. The lowest BCUT2D eigenvalue weighted by Gasteiger charge is -2.42. The molecular formula is C16H34N2. The second kappa shape index (κ2) is 6.91. The fourth-order valence-electron chi connectivity index (χ4n) is 2.64. The Labute approximate surface area is 114 Å². The van der Waals surface area contributed by atoms with Crippen molar-refractivity contribution in [3.63, 3.8) is 0 Å². The first kappa shape index (κ1) is 16.0. The zero-order valence-electron chi connectivity index (χ0n) is 13.2. The van der Waals surface area contributed by atoms with Crippen molar-refractivity contribution in [3.8, 4) is 0 Å². The fraction of sp³-hybridized carbons (Fsp3) is 1.00. The SMILES string of the molecule is CC(C)CCN(C1CC1)C(C)(CN)CCC(C)C. The van der Waals surface area contributed by atoms with Crippen LogP contribution in [-0.4, -0.2) is 29.6 Å². The monoisotopic (exact) mass is 254 g/mol. The van der Waals surface area contributed by atoms with Gasteiger partial charge >= 0.3 is 0 Å². The van der Waals surface area contributed by atoms with Crippen LogP contribution in [0.15, 0.2) is 0 Å². The summed E-state index contributed by atoms with van der Waals surface area (Å²) in [6.07, 6.45) is 6.60. The van der Waals surface area contributed by atoms with Gasteiger partial charge in [0, 0.05) is 18.1 Å². The molecule has 0 bridgehead atoms. The fourth-order valence-corrected chi connectivity index (χ4v) is 2.64. The molecule has 1 aliphatic carbocycles.